The van der Waals surface area contributed by atoms with E-state index in [4.69, 9.17) is 7.53 Å². The normalized spacial score (nSPS) is 21.2. The second kappa shape index (κ2) is 15.7. The van der Waals surface area contributed by atoms with Crippen molar-refractivity contribution < 1.29 is 7.53 Å². The number of allylic oxidation sites excluding steroid dienone is 2. The zero-order valence-corrected chi connectivity index (χ0v) is 50.0. The van der Waals surface area contributed by atoms with Crippen LogP contribution < -0.4 is 17.6 Å². The van der Waals surface area contributed by atoms with Gasteiger partial charge in [0.2, 0.25) is 0 Å². The van der Waals surface area contributed by atoms with Gasteiger partial charge in [-0.05, 0) is 0 Å². The molecule has 0 saturated carbocycles. The van der Waals surface area contributed by atoms with Crippen molar-refractivity contribution in [1.29, 1.82) is 0 Å². The molecule has 3 aliphatic carbocycles. The summed E-state index contributed by atoms with van der Waals surface area (Å²) >= 11 is -9.18. The van der Waals surface area contributed by atoms with Crippen molar-refractivity contribution in [3.63, 3.8) is 0 Å². The van der Waals surface area contributed by atoms with E-state index in [2.05, 4.69) is 255 Å². The van der Waals surface area contributed by atoms with Crippen LogP contribution in [0.5, 0.6) is 0 Å². The quantitative estimate of drug-likeness (QED) is 0.164. The molecule has 2 nitrogen and oxygen atoms in total. The Morgan fingerprint density at radius 1 is 0.297 bits per heavy atom. The molecule has 2 atom stereocenters. The Kier molecular flexibility index (Phi) is 10.1. The minimum absolute atomic E-state index is 0.637. The van der Waals surface area contributed by atoms with Crippen molar-refractivity contribution in [2.75, 3.05) is 0 Å². The van der Waals surface area contributed by atoms with Gasteiger partial charge in [0.05, 0.1) is 0 Å². The summed E-state index contributed by atoms with van der Waals surface area (Å²) in [6.07, 6.45) is 5.42. The SMILES string of the molecule is Cc1cc(C)[c]([Ge]2([c]3c(C)cc(C)cc3C)[O]C3=C[C@]4(C)C(=C[C@]3(C)[C]23c2ccccc2-c2ccccc23)[O][Ge]([c]2c(C)cc(C)cc2C)([c]2c(C)cc(C)cc2C)[C]42c3ccccc3-c3ccccc32)c(C)c1. The molecule has 2 saturated heterocycles. The summed E-state index contributed by atoms with van der Waals surface area (Å²) in [6, 6.07) is 57.2. The maximum atomic E-state index is 9.01. The van der Waals surface area contributed by atoms with E-state index in [0.29, 0.717) is 0 Å². The van der Waals surface area contributed by atoms with Gasteiger partial charge in [0.15, 0.2) is 0 Å². The topological polar surface area (TPSA) is 18.5 Å². The number of rotatable bonds is 4. The van der Waals surface area contributed by atoms with Crippen molar-refractivity contribution in [1.82, 2.24) is 0 Å². The fraction of sp³-hybridized carbons (Fsp3) is 0.257. The van der Waals surface area contributed by atoms with Gasteiger partial charge in [-0.3, -0.25) is 0 Å². The third kappa shape index (κ3) is 5.44. The van der Waals surface area contributed by atoms with Crippen LogP contribution in [-0.4, -0.2) is 27.2 Å². The predicted molar refractivity (Wildman–Crippen MR) is 313 cm³/mol. The van der Waals surface area contributed by atoms with Gasteiger partial charge < -0.3 is 0 Å². The first-order chi connectivity index (χ1) is 35.3. The number of hydrogen-bond donors (Lipinski definition) is 0. The molecule has 2 heterocycles. The van der Waals surface area contributed by atoms with Crippen molar-refractivity contribution in [3.8, 4) is 22.3 Å². The van der Waals surface area contributed by atoms with Crippen LogP contribution in [0.2, 0.25) is 0 Å². The van der Waals surface area contributed by atoms with E-state index in [1.165, 1.54) is 129 Å². The van der Waals surface area contributed by atoms with Crippen LogP contribution in [-0.2, 0) is 16.0 Å². The first kappa shape index (κ1) is 47.6. The van der Waals surface area contributed by atoms with Crippen LogP contribution in [0.15, 0.2) is 169 Å². The van der Waals surface area contributed by atoms with E-state index in [0.717, 1.165) is 11.5 Å². The molecule has 0 bridgehead atoms. The van der Waals surface area contributed by atoms with Gasteiger partial charge in [-0.1, -0.05) is 0 Å². The Morgan fingerprint density at radius 2 is 0.500 bits per heavy atom. The summed E-state index contributed by atoms with van der Waals surface area (Å²) in [4.78, 5) is 0. The molecule has 2 fully saturated rings. The van der Waals surface area contributed by atoms with Crippen molar-refractivity contribution in [2.45, 2.75) is 105 Å². The third-order valence-electron chi connectivity index (χ3n) is 19.0. The van der Waals surface area contributed by atoms with Crippen LogP contribution in [0.1, 0.15) is 103 Å². The van der Waals surface area contributed by atoms with E-state index in [9.17, 15) is 0 Å². The Morgan fingerprint density at radius 3 is 0.716 bits per heavy atom. The van der Waals surface area contributed by atoms with Crippen molar-refractivity contribution in [3.05, 3.63) is 258 Å². The molecular weight excluding hydrogens is 1020 g/mol. The Balaban J connectivity index is 1.28. The third-order valence-corrected chi connectivity index (χ3v) is 42.6. The molecule has 8 aromatic carbocycles. The van der Waals surface area contributed by atoms with Gasteiger partial charge in [0.1, 0.15) is 0 Å². The number of aryl methyl sites for hydroxylation is 12. The standard InChI is InChI=1S/C70H68Ge2O2/c1-41-31-45(5)63(46(6)32-41)71(64-47(7)33-42(2)34-48(64)8)69(57-27-19-15-23-53(57)54-24-16-20-28-58(54)69)67(13)40-62-68(14,39-61(67)73-71)70(59-29-21-17-25-55(59)56-26-18-22-30-60(56)70)72(74-62,65-49(9)35-43(3)36-50(65)10)66-51(11)37-44(4)38-52(66)12/h15-40H,1-14H3/t67-,68+. The summed E-state index contributed by atoms with van der Waals surface area (Å²) in [5.74, 6) is 2.18. The van der Waals surface area contributed by atoms with Crippen LogP contribution in [0.4, 0.5) is 0 Å². The molecular formula is C70H68Ge2O2. The molecule has 5 aliphatic rings. The summed E-state index contributed by atoms with van der Waals surface area (Å²) in [7, 11) is 0. The van der Waals surface area contributed by atoms with Gasteiger partial charge in [0.25, 0.3) is 0 Å². The molecule has 13 rings (SSSR count). The Labute approximate surface area is 446 Å². The van der Waals surface area contributed by atoms with Crippen molar-refractivity contribution >= 4 is 44.8 Å². The van der Waals surface area contributed by atoms with E-state index in [1.807, 2.05) is 0 Å². The zero-order chi connectivity index (χ0) is 51.8. The fourth-order valence-corrected chi connectivity index (χ4v) is 45.2. The predicted octanol–water partition coefficient (Wildman–Crippen LogP) is 14.1. The van der Waals surface area contributed by atoms with Crippen LogP contribution in [0.25, 0.3) is 22.3 Å². The Hall–Kier alpha value is -6.07. The number of fused-ring (bicyclic) bond motifs is 14. The monoisotopic (exact) mass is 1090 g/mol. The summed E-state index contributed by atoms with van der Waals surface area (Å²) in [5.41, 5.74) is 25.0. The van der Waals surface area contributed by atoms with E-state index in [-0.39, 0.29) is 0 Å². The molecule has 2 aliphatic heterocycles. The zero-order valence-electron chi connectivity index (χ0n) is 45.8. The maximum absolute atomic E-state index is 9.01. The summed E-state index contributed by atoms with van der Waals surface area (Å²) in [5, 5.41) is 0. The first-order valence-corrected chi connectivity index (χ1v) is 34.9. The summed E-state index contributed by atoms with van der Waals surface area (Å²) < 4.78 is 22.5. The second-order valence-electron chi connectivity index (χ2n) is 23.8. The molecule has 0 N–H and O–H groups in total. The first-order valence-electron chi connectivity index (χ1n) is 26.9. The minimum atomic E-state index is -4.59. The molecule has 0 aromatic heterocycles. The molecule has 368 valence electrons. The number of hydrogen-bond acceptors (Lipinski definition) is 2. The van der Waals surface area contributed by atoms with E-state index in [1.54, 1.807) is 0 Å². The number of benzene rings is 8. The fourth-order valence-electron chi connectivity index (χ4n) is 17.5. The van der Waals surface area contributed by atoms with Gasteiger partial charge in [-0.25, -0.2) is 0 Å². The van der Waals surface area contributed by atoms with Gasteiger partial charge in [-0.2, -0.15) is 0 Å². The van der Waals surface area contributed by atoms with Gasteiger partial charge in [0, 0.05) is 0 Å². The molecule has 74 heavy (non-hydrogen) atoms. The summed E-state index contributed by atoms with van der Waals surface area (Å²) in [6.45, 7) is 33.2. The average Bonchev–Trinajstić information content (AvgIpc) is 3.96. The van der Waals surface area contributed by atoms with E-state index < -0.39 is 46.5 Å². The molecule has 0 amide bonds. The average molecular weight is 1090 g/mol. The molecule has 4 heteroatoms. The van der Waals surface area contributed by atoms with Gasteiger partial charge in [-0.15, -0.1) is 0 Å². The second-order valence-corrected chi connectivity index (χ2v) is 37.7. The molecule has 8 aromatic rings. The van der Waals surface area contributed by atoms with Crippen LogP contribution in [0.3, 0.4) is 0 Å². The van der Waals surface area contributed by atoms with Gasteiger partial charge >= 0.3 is 449 Å². The molecule has 2 spiro atoms. The van der Waals surface area contributed by atoms with Crippen molar-refractivity contribution in [2.24, 2.45) is 10.8 Å². The molecule has 0 radical (unpaired) electrons. The van der Waals surface area contributed by atoms with E-state index >= 15 is 0 Å². The molecule has 0 unspecified atom stereocenters. The van der Waals surface area contributed by atoms with Crippen LogP contribution >= 0.6 is 0 Å². The van der Waals surface area contributed by atoms with Crippen LogP contribution in [0, 0.1) is 93.9 Å². The Bertz CT molecular complexity index is 3330.